The predicted octanol–water partition coefficient (Wildman–Crippen LogP) is 3.58. The summed E-state index contributed by atoms with van der Waals surface area (Å²) in [4.78, 5) is 3.67. The van der Waals surface area contributed by atoms with Crippen molar-refractivity contribution in [1.29, 1.82) is 0 Å². The first-order valence-electron chi connectivity index (χ1n) is 5.11. The van der Waals surface area contributed by atoms with Gasteiger partial charge in [0.2, 0.25) is 13.9 Å². The van der Waals surface area contributed by atoms with Crippen molar-refractivity contribution < 1.29 is 4.43 Å². The molecule has 1 aliphatic rings. The smallest absolute Gasteiger partial charge is 0.241 e. The molecule has 0 N–H and O–H groups in total. The quantitative estimate of drug-likeness (QED) is 0.500. The Morgan fingerprint density at radius 2 is 2.14 bits per heavy atom. The van der Waals surface area contributed by atoms with Crippen molar-refractivity contribution in [3.63, 3.8) is 0 Å². The average Bonchev–Trinajstić information content (AvgIpc) is 2.07. The molecule has 0 saturated carbocycles. The maximum absolute atomic E-state index is 7.10. The molecule has 78 valence electrons. The minimum absolute atomic E-state index is 0.174. The fraction of sp³-hybridized carbons (Fsp3) is 0.727. The summed E-state index contributed by atoms with van der Waals surface area (Å²) in [6.45, 7) is 15.7. The molecule has 0 radical (unpaired) electrons. The van der Waals surface area contributed by atoms with Crippen molar-refractivity contribution in [1.82, 2.24) is 0 Å². The molecule has 0 saturated heterocycles. The molecule has 1 rings (SSSR count). The van der Waals surface area contributed by atoms with Crippen LogP contribution in [0.3, 0.4) is 0 Å². The second-order valence-corrected chi connectivity index (χ2v) is 9.63. The van der Waals surface area contributed by atoms with Gasteiger partial charge in [-0.3, -0.25) is 0 Å². The normalized spacial score (nSPS) is 27.8. The average molecular weight is 209 g/mol. The van der Waals surface area contributed by atoms with E-state index in [1.54, 1.807) is 0 Å². The topological polar surface area (TPSA) is 13.6 Å². The van der Waals surface area contributed by atoms with Gasteiger partial charge in [0.05, 0.1) is 5.76 Å². The zero-order valence-corrected chi connectivity index (χ0v) is 10.6. The van der Waals surface area contributed by atoms with Crippen LogP contribution < -0.4 is 0 Å². The maximum Gasteiger partial charge on any atom is 0.241 e. The van der Waals surface area contributed by atoms with Crippen LogP contribution in [0.15, 0.2) is 11.8 Å². The van der Waals surface area contributed by atoms with E-state index in [1.807, 2.05) is 6.92 Å². The summed E-state index contributed by atoms with van der Waals surface area (Å²) >= 11 is 0. The molecular weight excluding hydrogens is 190 g/mol. The van der Waals surface area contributed by atoms with Crippen LogP contribution in [0.4, 0.5) is 0 Å². The molecule has 0 aromatic rings. The van der Waals surface area contributed by atoms with Gasteiger partial charge in [0.1, 0.15) is 0 Å². The molecule has 1 unspecified atom stereocenters. The number of rotatable bonds is 2. The number of hydrogen-bond acceptors (Lipinski definition) is 1. The third-order valence-electron chi connectivity index (χ3n) is 2.39. The Hall–Kier alpha value is -0.753. The molecule has 1 aliphatic carbocycles. The highest BCUT2D eigenvalue weighted by atomic mass is 28.4. The van der Waals surface area contributed by atoms with Crippen LogP contribution in [0.1, 0.15) is 26.2 Å². The minimum Gasteiger partial charge on any atom is -0.548 e. The lowest BCUT2D eigenvalue weighted by molar-refractivity contribution is 0.350. The van der Waals surface area contributed by atoms with E-state index in [9.17, 15) is 0 Å². The van der Waals surface area contributed by atoms with E-state index in [1.165, 1.54) is 0 Å². The predicted molar refractivity (Wildman–Crippen MR) is 61.4 cm³/mol. The van der Waals surface area contributed by atoms with Gasteiger partial charge in [-0.1, -0.05) is 0 Å². The van der Waals surface area contributed by atoms with E-state index in [0.717, 1.165) is 25.0 Å². The molecular formula is C11H19NOSi. The van der Waals surface area contributed by atoms with E-state index in [4.69, 9.17) is 11.0 Å². The van der Waals surface area contributed by atoms with Crippen LogP contribution in [0.5, 0.6) is 0 Å². The maximum atomic E-state index is 7.10. The molecule has 0 amide bonds. The highest BCUT2D eigenvalue weighted by molar-refractivity contribution is 6.70. The summed E-state index contributed by atoms with van der Waals surface area (Å²) in [6.07, 6.45) is 4.83. The number of nitrogens with zero attached hydrogens (tertiary/aromatic N) is 1. The third kappa shape index (κ3) is 3.19. The van der Waals surface area contributed by atoms with Crippen LogP contribution in [0.25, 0.3) is 4.85 Å². The van der Waals surface area contributed by atoms with Gasteiger partial charge in [-0.25, -0.2) is 6.57 Å². The molecule has 0 heterocycles. The number of hydrogen-bond donors (Lipinski definition) is 0. The molecule has 0 aromatic heterocycles. The van der Waals surface area contributed by atoms with E-state index in [0.29, 0.717) is 0 Å². The van der Waals surface area contributed by atoms with E-state index in [2.05, 4.69) is 30.6 Å². The van der Waals surface area contributed by atoms with E-state index in [-0.39, 0.29) is 5.54 Å². The lowest BCUT2D eigenvalue weighted by atomic mass is 9.88. The third-order valence-corrected chi connectivity index (χ3v) is 3.26. The lowest BCUT2D eigenvalue weighted by Gasteiger charge is -2.27. The van der Waals surface area contributed by atoms with Crippen LogP contribution in [0.2, 0.25) is 19.6 Å². The molecule has 3 heteroatoms. The second-order valence-electron chi connectivity index (χ2n) is 5.20. The van der Waals surface area contributed by atoms with Crippen LogP contribution >= 0.6 is 0 Å². The van der Waals surface area contributed by atoms with Gasteiger partial charge in [0.25, 0.3) is 0 Å². The van der Waals surface area contributed by atoms with Gasteiger partial charge in [-0.2, -0.15) is 0 Å². The Morgan fingerprint density at radius 1 is 1.50 bits per heavy atom. The van der Waals surface area contributed by atoms with Crippen LogP contribution in [-0.2, 0) is 4.43 Å². The van der Waals surface area contributed by atoms with Gasteiger partial charge in [-0.15, -0.1) is 0 Å². The van der Waals surface area contributed by atoms with Crippen molar-refractivity contribution >= 4 is 8.32 Å². The molecule has 0 aromatic carbocycles. The van der Waals surface area contributed by atoms with Crippen molar-refractivity contribution in [2.45, 2.75) is 51.4 Å². The Labute approximate surface area is 87.9 Å². The van der Waals surface area contributed by atoms with Crippen molar-refractivity contribution in [2.75, 3.05) is 0 Å². The Balaban J connectivity index is 2.59. The van der Waals surface area contributed by atoms with Gasteiger partial charge in [0.15, 0.2) is 0 Å². The number of allylic oxidation sites excluding steroid dienone is 1. The molecule has 14 heavy (non-hydrogen) atoms. The minimum atomic E-state index is -1.45. The molecule has 0 bridgehead atoms. The van der Waals surface area contributed by atoms with E-state index < -0.39 is 8.32 Å². The highest BCUT2D eigenvalue weighted by Gasteiger charge is 2.33. The SMILES string of the molecule is [C-]#[N+]C1(C)CC=C(O[Si](C)(C)C)CC1. The molecule has 2 nitrogen and oxygen atoms in total. The fourth-order valence-corrected chi connectivity index (χ4v) is 2.49. The Bertz CT molecular complexity index is 285. The van der Waals surface area contributed by atoms with Crippen molar-refractivity contribution in [3.8, 4) is 0 Å². The van der Waals surface area contributed by atoms with Gasteiger partial charge in [-0.05, 0) is 25.7 Å². The molecule has 0 spiro atoms. The summed E-state index contributed by atoms with van der Waals surface area (Å²) < 4.78 is 5.91. The lowest BCUT2D eigenvalue weighted by Crippen LogP contribution is -2.28. The summed E-state index contributed by atoms with van der Waals surface area (Å²) in [7, 11) is -1.45. The zero-order valence-electron chi connectivity index (χ0n) is 9.55. The molecule has 0 aliphatic heterocycles. The highest BCUT2D eigenvalue weighted by Crippen LogP contribution is 2.32. The van der Waals surface area contributed by atoms with Crippen LogP contribution in [-0.4, -0.2) is 13.9 Å². The zero-order chi connectivity index (χ0) is 10.8. The molecule has 1 atom stereocenters. The second kappa shape index (κ2) is 3.78. The fourth-order valence-electron chi connectivity index (χ4n) is 1.52. The summed E-state index contributed by atoms with van der Waals surface area (Å²) in [5.74, 6) is 1.12. The van der Waals surface area contributed by atoms with Crippen molar-refractivity contribution in [3.05, 3.63) is 23.3 Å². The van der Waals surface area contributed by atoms with Gasteiger partial charge >= 0.3 is 0 Å². The summed E-state index contributed by atoms with van der Waals surface area (Å²) in [5.41, 5.74) is -0.174. The summed E-state index contributed by atoms with van der Waals surface area (Å²) in [6, 6.07) is 0. The largest absolute Gasteiger partial charge is 0.548 e. The summed E-state index contributed by atoms with van der Waals surface area (Å²) in [5, 5.41) is 0. The Morgan fingerprint density at radius 3 is 2.50 bits per heavy atom. The van der Waals surface area contributed by atoms with Gasteiger partial charge in [0, 0.05) is 26.2 Å². The first-order valence-corrected chi connectivity index (χ1v) is 8.52. The van der Waals surface area contributed by atoms with Crippen molar-refractivity contribution in [2.24, 2.45) is 0 Å². The molecule has 0 fully saturated rings. The standard InChI is InChI=1S/C11H19NOSi/c1-11(12-2)8-6-10(7-9-11)13-14(3,4)5/h6H,7-9H2,1,3-5H3. The first-order chi connectivity index (χ1) is 6.35. The van der Waals surface area contributed by atoms with E-state index >= 15 is 0 Å². The van der Waals surface area contributed by atoms with Gasteiger partial charge < -0.3 is 9.27 Å². The van der Waals surface area contributed by atoms with Crippen LogP contribution in [0, 0.1) is 6.57 Å². The first kappa shape index (κ1) is 11.3. The monoisotopic (exact) mass is 209 g/mol. The Kier molecular flexibility index (Phi) is 3.06.